The van der Waals surface area contributed by atoms with Crippen LogP contribution in [-0.2, 0) is 9.59 Å². The molecule has 0 heterocycles. The largest absolute Gasteiger partial charge is 0.483 e. The fraction of sp³-hybridized carbons (Fsp3) is 0.333. The first-order chi connectivity index (χ1) is 10.0. The summed E-state index contributed by atoms with van der Waals surface area (Å²) in [6, 6.07) is 3.68. The van der Waals surface area contributed by atoms with E-state index in [0.717, 1.165) is 25.0 Å². The van der Waals surface area contributed by atoms with Gasteiger partial charge in [0.15, 0.2) is 6.61 Å². The maximum atomic E-state index is 13.2. The molecular weight excluding hydrogens is 277 g/mol. The number of carboxylic acid groups (broad SMARTS) is 1. The summed E-state index contributed by atoms with van der Waals surface area (Å²) in [5.74, 6) is -1.69. The fourth-order valence-corrected chi connectivity index (χ4v) is 1.54. The van der Waals surface area contributed by atoms with Crippen molar-refractivity contribution in [1.82, 2.24) is 5.32 Å². The summed E-state index contributed by atoms with van der Waals surface area (Å²) in [7, 11) is 0. The van der Waals surface area contributed by atoms with Gasteiger partial charge in [0.05, 0.1) is 0 Å². The van der Waals surface area contributed by atoms with Crippen LogP contribution in [0.3, 0.4) is 0 Å². The molecule has 0 saturated heterocycles. The van der Waals surface area contributed by atoms with Gasteiger partial charge >= 0.3 is 5.97 Å². The Morgan fingerprint density at radius 2 is 2.19 bits per heavy atom. The molecule has 0 saturated carbocycles. The Morgan fingerprint density at radius 1 is 1.43 bits per heavy atom. The van der Waals surface area contributed by atoms with Gasteiger partial charge in [0.1, 0.15) is 11.6 Å². The number of carbonyl (C=O) groups excluding carboxylic acids is 1. The van der Waals surface area contributed by atoms with Crippen molar-refractivity contribution in [3.63, 3.8) is 0 Å². The number of hydrogen-bond donors (Lipinski definition) is 2. The highest BCUT2D eigenvalue weighted by atomic mass is 19.1. The SMILES string of the molecule is CCCCNC(=O)COc1ccc(F)cc1/C=C/C(=O)O. The van der Waals surface area contributed by atoms with Crippen molar-refractivity contribution in [2.24, 2.45) is 0 Å². The maximum Gasteiger partial charge on any atom is 0.328 e. The summed E-state index contributed by atoms with van der Waals surface area (Å²) in [5.41, 5.74) is 0.263. The summed E-state index contributed by atoms with van der Waals surface area (Å²) in [4.78, 5) is 22.0. The maximum absolute atomic E-state index is 13.2. The minimum atomic E-state index is -1.15. The Morgan fingerprint density at radius 3 is 2.86 bits per heavy atom. The Labute approximate surface area is 122 Å². The lowest BCUT2D eigenvalue weighted by Crippen LogP contribution is -2.29. The predicted octanol–water partition coefficient (Wildman–Crippen LogP) is 2.22. The van der Waals surface area contributed by atoms with Crippen LogP contribution in [0.5, 0.6) is 5.75 Å². The van der Waals surface area contributed by atoms with E-state index in [0.29, 0.717) is 6.54 Å². The van der Waals surface area contributed by atoms with E-state index in [-0.39, 0.29) is 23.8 Å². The van der Waals surface area contributed by atoms with Crippen LogP contribution >= 0.6 is 0 Å². The van der Waals surface area contributed by atoms with Gasteiger partial charge in [-0.2, -0.15) is 0 Å². The van der Waals surface area contributed by atoms with Crippen LogP contribution in [0.1, 0.15) is 25.3 Å². The second kappa shape index (κ2) is 8.73. The molecule has 1 amide bonds. The molecule has 0 bridgehead atoms. The molecule has 2 N–H and O–H groups in total. The third-order valence-corrected chi connectivity index (χ3v) is 2.59. The van der Waals surface area contributed by atoms with Crippen molar-refractivity contribution in [2.45, 2.75) is 19.8 Å². The molecule has 0 unspecified atom stereocenters. The third kappa shape index (κ3) is 6.56. The van der Waals surface area contributed by atoms with E-state index in [4.69, 9.17) is 9.84 Å². The van der Waals surface area contributed by atoms with Crippen LogP contribution in [-0.4, -0.2) is 30.1 Å². The number of amides is 1. The van der Waals surface area contributed by atoms with E-state index < -0.39 is 11.8 Å². The zero-order chi connectivity index (χ0) is 15.7. The molecule has 114 valence electrons. The number of halogens is 1. The van der Waals surface area contributed by atoms with Gasteiger partial charge in [-0.3, -0.25) is 4.79 Å². The van der Waals surface area contributed by atoms with Gasteiger partial charge in [-0.25, -0.2) is 9.18 Å². The lowest BCUT2D eigenvalue weighted by atomic mass is 10.2. The second-order valence-corrected chi connectivity index (χ2v) is 4.35. The topological polar surface area (TPSA) is 75.6 Å². The van der Waals surface area contributed by atoms with Crippen molar-refractivity contribution in [1.29, 1.82) is 0 Å². The monoisotopic (exact) mass is 295 g/mol. The quantitative estimate of drug-likeness (QED) is 0.569. The van der Waals surface area contributed by atoms with E-state index in [1.54, 1.807) is 0 Å². The number of benzene rings is 1. The molecule has 0 aliphatic heterocycles. The van der Waals surface area contributed by atoms with Crippen LogP contribution in [0.15, 0.2) is 24.3 Å². The van der Waals surface area contributed by atoms with E-state index >= 15 is 0 Å². The molecule has 21 heavy (non-hydrogen) atoms. The molecule has 0 aliphatic rings. The first-order valence-electron chi connectivity index (χ1n) is 6.63. The lowest BCUT2D eigenvalue weighted by molar-refractivity contribution is -0.131. The molecule has 6 heteroatoms. The molecule has 0 aromatic heterocycles. The first-order valence-corrected chi connectivity index (χ1v) is 6.63. The Kier molecular flexibility index (Phi) is 6.94. The Balaban J connectivity index is 2.65. The highest BCUT2D eigenvalue weighted by Gasteiger charge is 2.07. The molecule has 0 radical (unpaired) electrons. The Hall–Kier alpha value is -2.37. The molecule has 1 aromatic rings. The summed E-state index contributed by atoms with van der Waals surface area (Å²) in [5, 5.41) is 11.3. The highest BCUT2D eigenvalue weighted by molar-refractivity contribution is 5.86. The molecular formula is C15H18FNO4. The molecule has 0 atom stereocenters. The minimum absolute atomic E-state index is 0.205. The minimum Gasteiger partial charge on any atom is -0.483 e. The van der Waals surface area contributed by atoms with Gasteiger partial charge in [-0.05, 0) is 30.7 Å². The summed E-state index contributed by atoms with van der Waals surface area (Å²) >= 11 is 0. The molecule has 0 aliphatic carbocycles. The number of carbonyl (C=O) groups is 2. The van der Waals surface area contributed by atoms with E-state index in [2.05, 4.69) is 5.32 Å². The van der Waals surface area contributed by atoms with E-state index in [9.17, 15) is 14.0 Å². The molecule has 0 spiro atoms. The van der Waals surface area contributed by atoms with Crippen LogP contribution in [0.4, 0.5) is 4.39 Å². The molecule has 0 fully saturated rings. The summed E-state index contributed by atoms with van der Waals surface area (Å²) in [6.45, 7) is 2.39. The number of hydrogen-bond acceptors (Lipinski definition) is 3. The van der Waals surface area contributed by atoms with Crippen molar-refractivity contribution in [3.8, 4) is 5.75 Å². The van der Waals surface area contributed by atoms with E-state index in [1.807, 2.05) is 6.92 Å². The van der Waals surface area contributed by atoms with Gasteiger partial charge in [0.2, 0.25) is 0 Å². The van der Waals surface area contributed by atoms with Crippen molar-refractivity contribution < 1.29 is 23.8 Å². The summed E-state index contributed by atoms with van der Waals surface area (Å²) < 4.78 is 18.5. The van der Waals surface area contributed by atoms with Gasteiger partial charge in [0, 0.05) is 18.2 Å². The number of nitrogens with one attached hydrogen (secondary N) is 1. The van der Waals surface area contributed by atoms with Crippen LogP contribution in [0.25, 0.3) is 6.08 Å². The number of unbranched alkanes of at least 4 members (excludes halogenated alkanes) is 1. The van der Waals surface area contributed by atoms with Gasteiger partial charge < -0.3 is 15.2 Å². The van der Waals surface area contributed by atoms with Crippen LogP contribution in [0, 0.1) is 5.82 Å². The molecule has 5 nitrogen and oxygen atoms in total. The average Bonchev–Trinajstić information content (AvgIpc) is 2.44. The molecule has 1 aromatic carbocycles. The smallest absolute Gasteiger partial charge is 0.328 e. The standard InChI is InChI=1S/C15H18FNO4/c1-2-3-8-17-14(18)10-21-13-6-5-12(16)9-11(13)4-7-15(19)20/h4-7,9H,2-3,8,10H2,1H3,(H,17,18)(H,19,20)/b7-4+. The number of rotatable bonds is 8. The number of ether oxygens (including phenoxy) is 1. The Bertz CT molecular complexity index is 528. The van der Waals surface area contributed by atoms with Crippen molar-refractivity contribution in [3.05, 3.63) is 35.7 Å². The third-order valence-electron chi connectivity index (χ3n) is 2.59. The van der Waals surface area contributed by atoms with Gasteiger partial charge in [0.25, 0.3) is 5.91 Å². The van der Waals surface area contributed by atoms with Crippen LogP contribution < -0.4 is 10.1 Å². The van der Waals surface area contributed by atoms with Crippen molar-refractivity contribution >= 4 is 18.0 Å². The first kappa shape index (κ1) is 16.7. The van der Waals surface area contributed by atoms with Gasteiger partial charge in [-0.15, -0.1) is 0 Å². The highest BCUT2D eigenvalue weighted by Crippen LogP contribution is 2.21. The molecule has 1 rings (SSSR count). The van der Waals surface area contributed by atoms with E-state index in [1.165, 1.54) is 18.2 Å². The van der Waals surface area contributed by atoms with Crippen molar-refractivity contribution in [2.75, 3.05) is 13.2 Å². The van der Waals surface area contributed by atoms with Crippen LogP contribution in [0.2, 0.25) is 0 Å². The van der Waals surface area contributed by atoms with Gasteiger partial charge in [-0.1, -0.05) is 13.3 Å². The number of carboxylic acids is 1. The zero-order valence-electron chi connectivity index (χ0n) is 11.8. The normalized spacial score (nSPS) is 10.6. The zero-order valence-corrected chi connectivity index (χ0v) is 11.8. The summed E-state index contributed by atoms with van der Waals surface area (Å²) in [6.07, 6.45) is 3.96. The second-order valence-electron chi connectivity index (χ2n) is 4.35. The lowest BCUT2D eigenvalue weighted by Gasteiger charge is -2.09. The predicted molar refractivity (Wildman–Crippen MR) is 76.5 cm³/mol. The average molecular weight is 295 g/mol. The number of aliphatic carboxylic acids is 1. The fourth-order valence-electron chi connectivity index (χ4n) is 1.54.